The Morgan fingerprint density at radius 1 is 0.980 bits per heavy atom. The second kappa shape index (κ2) is 18.5. The zero-order valence-corrected chi connectivity index (χ0v) is 31.4. The van der Waals surface area contributed by atoms with E-state index in [2.05, 4.69) is 15.0 Å². The van der Waals surface area contributed by atoms with Crippen molar-refractivity contribution in [2.45, 2.75) is 83.2 Å². The van der Waals surface area contributed by atoms with Gasteiger partial charge in [-0.15, -0.1) is 0 Å². The topological polar surface area (TPSA) is 150 Å². The molecule has 1 aromatic heterocycles. The van der Waals surface area contributed by atoms with Crippen LogP contribution in [0.4, 0.5) is 4.79 Å². The Morgan fingerprint density at radius 3 is 2.37 bits per heavy atom. The third kappa shape index (κ3) is 10.7. The van der Waals surface area contributed by atoms with Gasteiger partial charge >= 0.3 is 6.03 Å². The summed E-state index contributed by atoms with van der Waals surface area (Å²) in [4.78, 5) is 35.9. The van der Waals surface area contributed by atoms with Crippen molar-refractivity contribution in [3.8, 4) is 5.75 Å². The first-order chi connectivity index (χ1) is 24.4. The summed E-state index contributed by atoms with van der Waals surface area (Å²) < 4.78 is 40.3. The summed E-state index contributed by atoms with van der Waals surface area (Å²) in [7, 11) is -0.902. The monoisotopic (exact) mass is 723 g/mol. The molecule has 1 saturated heterocycles. The predicted molar refractivity (Wildman–Crippen MR) is 196 cm³/mol. The fourth-order valence-corrected chi connectivity index (χ4v) is 7.64. The number of benzene rings is 2. The number of urea groups is 1. The van der Waals surface area contributed by atoms with Crippen molar-refractivity contribution >= 4 is 22.0 Å². The van der Waals surface area contributed by atoms with Gasteiger partial charge in [0.05, 0.1) is 48.7 Å². The van der Waals surface area contributed by atoms with E-state index in [1.54, 1.807) is 29.0 Å². The van der Waals surface area contributed by atoms with E-state index in [0.717, 1.165) is 17.0 Å². The van der Waals surface area contributed by atoms with Crippen molar-refractivity contribution < 1.29 is 32.6 Å². The van der Waals surface area contributed by atoms with E-state index >= 15 is 0 Å². The molecular formula is C38H53N5O7S. The van der Waals surface area contributed by atoms with Crippen LogP contribution in [0.3, 0.4) is 0 Å². The Labute approximate surface area is 302 Å². The summed E-state index contributed by atoms with van der Waals surface area (Å²) in [6, 6.07) is 17.9. The smallest absolute Gasteiger partial charge is 0.321 e. The van der Waals surface area contributed by atoms with E-state index in [4.69, 9.17) is 9.47 Å². The van der Waals surface area contributed by atoms with Crippen LogP contribution in [0.15, 0.2) is 71.6 Å². The Hall–Kier alpha value is -4.04. The quantitative estimate of drug-likeness (QED) is 0.167. The van der Waals surface area contributed by atoms with Crippen molar-refractivity contribution in [2.75, 3.05) is 33.9 Å². The van der Waals surface area contributed by atoms with Gasteiger partial charge in [0.2, 0.25) is 15.9 Å². The largest absolute Gasteiger partial charge is 0.497 e. The van der Waals surface area contributed by atoms with Gasteiger partial charge < -0.3 is 29.7 Å². The average molecular weight is 724 g/mol. The molecule has 3 N–H and O–H groups in total. The lowest BCUT2D eigenvalue weighted by Gasteiger charge is -2.33. The summed E-state index contributed by atoms with van der Waals surface area (Å²) >= 11 is 0. The summed E-state index contributed by atoms with van der Waals surface area (Å²) in [6.07, 6.45) is 0.107. The zero-order valence-electron chi connectivity index (χ0n) is 30.5. The Bertz CT molecular complexity index is 1710. The molecule has 0 saturated carbocycles. The van der Waals surface area contributed by atoms with Crippen LogP contribution in [0, 0.1) is 11.8 Å². The van der Waals surface area contributed by atoms with Crippen LogP contribution < -0.4 is 14.8 Å². The van der Waals surface area contributed by atoms with Gasteiger partial charge in [-0.05, 0) is 66.1 Å². The van der Waals surface area contributed by atoms with Gasteiger partial charge in [-0.3, -0.25) is 9.78 Å². The number of aromatic nitrogens is 1. The van der Waals surface area contributed by atoms with Crippen molar-refractivity contribution in [2.24, 2.45) is 11.8 Å². The second-order valence-electron chi connectivity index (χ2n) is 13.6. The SMILES string of the molecule is CC[C@H](C)[C@@H](C(=O)N[C@@H](Cc1ccccc1)[C@H](O)CNS(=O)(=O)c1ccc(OC)cc1CC(C)C)N1CCN(Cc2cccc(COC)n2)C1=O. The number of aliphatic hydroxyl groups excluding tert-OH is 1. The first kappa shape index (κ1) is 39.7. The van der Waals surface area contributed by atoms with E-state index in [1.165, 1.54) is 13.2 Å². The van der Waals surface area contributed by atoms with Crippen LogP contribution in [0.1, 0.15) is 56.6 Å². The number of aliphatic hydroxyl groups is 1. The molecule has 3 amide bonds. The fourth-order valence-electron chi connectivity index (χ4n) is 6.36. The molecule has 1 aliphatic heterocycles. The molecule has 51 heavy (non-hydrogen) atoms. The average Bonchev–Trinajstić information content (AvgIpc) is 3.45. The number of rotatable bonds is 19. The number of hydrogen-bond donors (Lipinski definition) is 3. The number of carbonyl (C=O) groups excluding carboxylic acids is 2. The van der Waals surface area contributed by atoms with E-state index in [1.807, 2.05) is 76.2 Å². The molecule has 2 heterocycles. The molecule has 3 aromatic rings. The van der Waals surface area contributed by atoms with Crippen molar-refractivity contribution in [1.29, 1.82) is 0 Å². The minimum absolute atomic E-state index is 0.113. The number of pyridine rings is 1. The van der Waals surface area contributed by atoms with Crippen LogP contribution >= 0.6 is 0 Å². The molecule has 4 atom stereocenters. The first-order valence-electron chi connectivity index (χ1n) is 17.5. The fraction of sp³-hybridized carbons (Fsp3) is 0.500. The van der Waals surface area contributed by atoms with Crippen LogP contribution in [0.25, 0.3) is 0 Å². The Kier molecular flexibility index (Phi) is 14.4. The molecule has 13 heteroatoms. The van der Waals surface area contributed by atoms with Gasteiger partial charge in [-0.25, -0.2) is 17.9 Å². The van der Waals surface area contributed by atoms with Crippen molar-refractivity contribution in [1.82, 2.24) is 24.8 Å². The number of carbonyl (C=O) groups is 2. The zero-order chi connectivity index (χ0) is 37.1. The summed E-state index contributed by atoms with van der Waals surface area (Å²) in [6.45, 7) is 9.00. The van der Waals surface area contributed by atoms with E-state index in [-0.39, 0.29) is 35.7 Å². The number of hydrogen-bond acceptors (Lipinski definition) is 8. The van der Waals surface area contributed by atoms with E-state index < -0.39 is 34.1 Å². The minimum Gasteiger partial charge on any atom is -0.497 e. The van der Waals surface area contributed by atoms with Gasteiger partial charge in [0.1, 0.15) is 11.8 Å². The Balaban J connectivity index is 1.53. The summed E-state index contributed by atoms with van der Waals surface area (Å²) in [5, 5.41) is 14.5. The molecule has 0 unspecified atom stereocenters. The van der Waals surface area contributed by atoms with E-state index in [0.29, 0.717) is 50.4 Å². The first-order valence-corrected chi connectivity index (χ1v) is 19.0. The molecule has 1 aliphatic rings. The lowest BCUT2D eigenvalue weighted by Crippen LogP contribution is -2.57. The molecular weight excluding hydrogens is 671 g/mol. The Morgan fingerprint density at radius 2 is 1.71 bits per heavy atom. The van der Waals surface area contributed by atoms with Gasteiger partial charge in [0.25, 0.3) is 0 Å². The number of sulfonamides is 1. The highest BCUT2D eigenvalue weighted by atomic mass is 32.2. The van der Waals surface area contributed by atoms with Crippen LogP contribution in [-0.4, -0.2) is 92.3 Å². The predicted octanol–water partition coefficient (Wildman–Crippen LogP) is 4.15. The molecule has 0 aliphatic carbocycles. The van der Waals surface area contributed by atoms with Crippen LogP contribution in [-0.2, 0) is 45.5 Å². The van der Waals surface area contributed by atoms with E-state index in [9.17, 15) is 23.1 Å². The number of methoxy groups -OCH3 is 2. The third-order valence-corrected chi connectivity index (χ3v) is 10.7. The number of amides is 3. The number of nitrogens with zero attached hydrogens (tertiary/aromatic N) is 3. The van der Waals surface area contributed by atoms with Crippen LogP contribution in [0.2, 0.25) is 0 Å². The summed E-state index contributed by atoms with van der Waals surface area (Å²) in [5.41, 5.74) is 2.95. The molecule has 0 spiro atoms. The van der Waals surface area contributed by atoms with Gasteiger partial charge in [-0.1, -0.05) is 70.5 Å². The molecule has 0 radical (unpaired) electrons. The van der Waals surface area contributed by atoms with Gasteiger partial charge in [0, 0.05) is 26.7 Å². The highest BCUT2D eigenvalue weighted by Crippen LogP contribution is 2.25. The maximum Gasteiger partial charge on any atom is 0.321 e. The molecule has 4 rings (SSSR count). The maximum absolute atomic E-state index is 14.2. The summed E-state index contributed by atoms with van der Waals surface area (Å²) in [5.74, 6) is 0.147. The van der Waals surface area contributed by atoms with Crippen molar-refractivity contribution in [3.05, 3.63) is 89.2 Å². The molecule has 2 aromatic carbocycles. The van der Waals surface area contributed by atoms with Crippen molar-refractivity contribution in [3.63, 3.8) is 0 Å². The molecule has 12 nitrogen and oxygen atoms in total. The second-order valence-corrected chi connectivity index (χ2v) is 15.3. The maximum atomic E-state index is 14.2. The lowest BCUT2D eigenvalue weighted by atomic mass is 9.95. The van der Waals surface area contributed by atoms with Gasteiger partial charge in [-0.2, -0.15) is 0 Å². The highest BCUT2D eigenvalue weighted by molar-refractivity contribution is 7.89. The van der Waals surface area contributed by atoms with Gasteiger partial charge in [0.15, 0.2) is 0 Å². The standard InChI is InChI=1S/C38H53N5O7S/c1-7-27(4)36(43-19-18-42(38(43)46)24-30-14-11-15-31(40-30)25-49-5)37(45)41-33(21-28-12-9-8-10-13-28)34(44)23-39-51(47,48)35-17-16-32(50-6)22-29(35)20-26(2)3/h8-17,22,26-27,33-34,36,39,44H,7,18-21,23-25H2,1-6H3,(H,41,45)/t27-,33-,34+,36-/m0/s1. The minimum atomic E-state index is -4.03. The molecule has 0 bridgehead atoms. The normalized spacial score (nSPS) is 15.9. The molecule has 278 valence electrons. The molecule has 1 fully saturated rings. The van der Waals surface area contributed by atoms with Crippen LogP contribution in [0.5, 0.6) is 5.75 Å². The number of nitrogens with one attached hydrogen (secondary N) is 2. The lowest BCUT2D eigenvalue weighted by molar-refractivity contribution is -0.128. The highest BCUT2D eigenvalue weighted by Gasteiger charge is 2.41. The third-order valence-electron chi connectivity index (χ3n) is 9.18. The number of ether oxygens (including phenoxy) is 2.